The van der Waals surface area contributed by atoms with Crippen molar-refractivity contribution in [3.05, 3.63) is 70.5 Å². The van der Waals surface area contributed by atoms with E-state index in [1.165, 1.54) is 0 Å². The highest BCUT2D eigenvalue weighted by atomic mass is 79.9. The van der Waals surface area contributed by atoms with E-state index in [4.69, 9.17) is 0 Å². The second-order valence-electron chi connectivity index (χ2n) is 6.83. The Kier molecular flexibility index (Phi) is 5.00. The summed E-state index contributed by atoms with van der Waals surface area (Å²) in [5, 5.41) is 10.1. The number of carbonyl (C=O) groups excluding carboxylic acids is 2. The molecule has 2 amide bonds. The summed E-state index contributed by atoms with van der Waals surface area (Å²) in [6.07, 6.45) is 3.46. The molecule has 1 saturated carbocycles. The number of rotatable bonds is 5. The van der Waals surface area contributed by atoms with E-state index >= 15 is 0 Å². The Bertz CT molecular complexity index is 1040. The molecule has 0 aliphatic heterocycles. The summed E-state index contributed by atoms with van der Waals surface area (Å²) in [7, 11) is 0. The van der Waals surface area contributed by atoms with Crippen molar-refractivity contribution in [2.45, 2.75) is 19.8 Å². The molecule has 1 aliphatic carbocycles. The average molecular weight is 439 g/mol. The Morgan fingerprint density at radius 3 is 2.43 bits per heavy atom. The number of hydrogen-bond acceptors (Lipinski definition) is 3. The van der Waals surface area contributed by atoms with Crippen LogP contribution in [0.2, 0.25) is 0 Å². The summed E-state index contributed by atoms with van der Waals surface area (Å²) >= 11 is 3.41. The minimum Gasteiger partial charge on any atom is -0.326 e. The number of aromatic nitrogens is 2. The van der Waals surface area contributed by atoms with Crippen LogP contribution in [0, 0.1) is 12.8 Å². The maximum atomic E-state index is 12.7. The second kappa shape index (κ2) is 7.59. The van der Waals surface area contributed by atoms with Gasteiger partial charge in [0.05, 0.1) is 23.1 Å². The highest BCUT2D eigenvalue weighted by Crippen LogP contribution is 2.30. The van der Waals surface area contributed by atoms with Gasteiger partial charge >= 0.3 is 0 Å². The normalized spacial score (nSPS) is 13.2. The highest BCUT2D eigenvalue weighted by Gasteiger charge is 2.29. The van der Waals surface area contributed by atoms with Crippen LogP contribution in [0.5, 0.6) is 0 Å². The predicted molar refractivity (Wildman–Crippen MR) is 112 cm³/mol. The molecule has 2 aromatic carbocycles. The largest absolute Gasteiger partial charge is 0.326 e. The number of carbonyl (C=O) groups is 2. The van der Waals surface area contributed by atoms with Gasteiger partial charge in [-0.15, -0.1) is 0 Å². The number of halogens is 1. The van der Waals surface area contributed by atoms with Gasteiger partial charge in [-0.2, -0.15) is 5.10 Å². The lowest BCUT2D eigenvalue weighted by Crippen LogP contribution is -2.15. The van der Waals surface area contributed by atoms with Crippen molar-refractivity contribution < 1.29 is 9.59 Å². The molecule has 0 bridgehead atoms. The summed E-state index contributed by atoms with van der Waals surface area (Å²) in [6.45, 7) is 1.86. The van der Waals surface area contributed by atoms with Crippen molar-refractivity contribution in [2.75, 3.05) is 10.6 Å². The van der Waals surface area contributed by atoms with E-state index in [0.29, 0.717) is 16.9 Å². The average Bonchev–Trinajstić information content (AvgIpc) is 3.45. The van der Waals surface area contributed by atoms with Crippen LogP contribution in [-0.2, 0) is 4.79 Å². The van der Waals surface area contributed by atoms with E-state index in [1.807, 2.05) is 37.3 Å². The van der Waals surface area contributed by atoms with E-state index in [0.717, 1.165) is 28.7 Å². The number of hydrogen-bond donors (Lipinski definition) is 2. The molecule has 3 aromatic rings. The number of nitrogens with one attached hydrogen (secondary N) is 2. The van der Waals surface area contributed by atoms with Gasteiger partial charge in [0.2, 0.25) is 5.91 Å². The van der Waals surface area contributed by atoms with Crippen LogP contribution < -0.4 is 10.6 Å². The van der Waals surface area contributed by atoms with Gasteiger partial charge in [0.1, 0.15) is 0 Å². The molecule has 0 saturated heterocycles. The van der Waals surface area contributed by atoms with Crippen LogP contribution >= 0.6 is 15.9 Å². The highest BCUT2D eigenvalue weighted by molar-refractivity contribution is 9.10. The first kappa shape index (κ1) is 18.4. The zero-order valence-corrected chi connectivity index (χ0v) is 16.9. The first-order valence-electron chi connectivity index (χ1n) is 9.04. The third-order valence-corrected chi connectivity index (χ3v) is 5.19. The molecule has 28 heavy (non-hydrogen) atoms. The molecule has 142 valence electrons. The molecular formula is C21H19BrN4O2. The lowest BCUT2D eigenvalue weighted by molar-refractivity contribution is -0.117. The molecule has 0 atom stereocenters. The summed E-state index contributed by atoms with van der Waals surface area (Å²) < 4.78 is 2.71. The van der Waals surface area contributed by atoms with Crippen molar-refractivity contribution in [2.24, 2.45) is 5.92 Å². The van der Waals surface area contributed by atoms with Gasteiger partial charge in [0, 0.05) is 21.8 Å². The molecule has 4 rings (SSSR count). The lowest BCUT2D eigenvalue weighted by atomic mass is 10.2. The Morgan fingerprint density at radius 1 is 1.07 bits per heavy atom. The molecule has 0 spiro atoms. The second-order valence-corrected chi connectivity index (χ2v) is 7.75. The standard InChI is InChI=1S/C21H19BrN4O2/c1-13-19(12-23-26(13)18-9-7-15(22)8-10-18)21(28)25-17-4-2-3-16(11-17)24-20(27)14-5-6-14/h2-4,7-12,14H,5-6H2,1H3,(H,24,27)(H,25,28). The zero-order valence-electron chi connectivity index (χ0n) is 15.3. The maximum Gasteiger partial charge on any atom is 0.259 e. The van der Waals surface area contributed by atoms with Gasteiger partial charge in [0.15, 0.2) is 0 Å². The molecule has 7 heteroatoms. The molecule has 0 radical (unpaired) electrons. The topological polar surface area (TPSA) is 76.0 Å². The predicted octanol–water partition coefficient (Wildman–Crippen LogP) is 4.54. The molecule has 0 unspecified atom stereocenters. The Hall–Kier alpha value is -2.93. The summed E-state index contributed by atoms with van der Waals surface area (Å²) in [6, 6.07) is 14.9. The van der Waals surface area contributed by atoms with Crippen molar-refractivity contribution >= 4 is 39.1 Å². The summed E-state index contributed by atoms with van der Waals surface area (Å²) in [5.41, 5.74) is 3.42. The van der Waals surface area contributed by atoms with Gasteiger partial charge in [-0.3, -0.25) is 9.59 Å². The third-order valence-electron chi connectivity index (χ3n) is 4.66. The van der Waals surface area contributed by atoms with Crippen molar-refractivity contribution in [1.82, 2.24) is 9.78 Å². The van der Waals surface area contributed by atoms with Crippen molar-refractivity contribution in [3.63, 3.8) is 0 Å². The SMILES string of the molecule is Cc1c(C(=O)Nc2cccc(NC(=O)C3CC3)c2)cnn1-c1ccc(Br)cc1. The quantitative estimate of drug-likeness (QED) is 0.613. The Balaban J connectivity index is 1.49. The molecule has 2 N–H and O–H groups in total. The molecular weight excluding hydrogens is 420 g/mol. The lowest BCUT2D eigenvalue weighted by Gasteiger charge is -2.09. The van der Waals surface area contributed by atoms with Crippen LogP contribution in [0.15, 0.2) is 59.2 Å². The van der Waals surface area contributed by atoms with Gasteiger partial charge < -0.3 is 10.6 Å². The molecule has 6 nitrogen and oxygen atoms in total. The first-order chi connectivity index (χ1) is 13.5. The maximum absolute atomic E-state index is 12.7. The smallest absolute Gasteiger partial charge is 0.259 e. The number of benzene rings is 2. The zero-order chi connectivity index (χ0) is 19.7. The fourth-order valence-corrected chi connectivity index (χ4v) is 3.20. The van der Waals surface area contributed by atoms with E-state index < -0.39 is 0 Å². The minimum absolute atomic E-state index is 0.0371. The van der Waals surface area contributed by atoms with E-state index in [-0.39, 0.29) is 17.7 Å². The molecule has 1 heterocycles. The Labute approximate surface area is 171 Å². The van der Waals surface area contributed by atoms with Crippen molar-refractivity contribution in [1.29, 1.82) is 0 Å². The number of amides is 2. The van der Waals surface area contributed by atoms with Gasteiger partial charge in [-0.25, -0.2) is 4.68 Å². The van der Waals surface area contributed by atoms with Crippen LogP contribution in [0.4, 0.5) is 11.4 Å². The fraction of sp³-hybridized carbons (Fsp3) is 0.190. The van der Waals surface area contributed by atoms with Gasteiger partial charge in [-0.05, 0) is 62.2 Å². The van der Waals surface area contributed by atoms with Crippen LogP contribution in [0.25, 0.3) is 5.69 Å². The van der Waals surface area contributed by atoms with Crippen LogP contribution in [0.1, 0.15) is 28.9 Å². The monoisotopic (exact) mass is 438 g/mol. The minimum atomic E-state index is -0.244. The number of anilines is 2. The molecule has 1 fully saturated rings. The van der Waals surface area contributed by atoms with Crippen molar-refractivity contribution in [3.8, 4) is 5.69 Å². The van der Waals surface area contributed by atoms with E-state index in [9.17, 15) is 9.59 Å². The molecule has 1 aromatic heterocycles. The van der Waals surface area contributed by atoms with Gasteiger partial charge in [-0.1, -0.05) is 22.0 Å². The van der Waals surface area contributed by atoms with Crippen LogP contribution in [-0.4, -0.2) is 21.6 Å². The first-order valence-corrected chi connectivity index (χ1v) is 9.83. The summed E-state index contributed by atoms with van der Waals surface area (Å²) in [4.78, 5) is 24.6. The van der Waals surface area contributed by atoms with Crippen LogP contribution in [0.3, 0.4) is 0 Å². The van der Waals surface area contributed by atoms with E-state index in [1.54, 1.807) is 29.1 Å². The summed E-state index contributed by atoms with van der Waals surface area (Å²) in [5.74, 6) is -0.0769. The molecule has 1 aliphatic rings. The number of nitrogens with zero attached hydrogens (tertiary/aromatic N) is 2. The Morgan fingerprint density at radius 2 is 1.75 bits per heavy atom. The van der Waals surface area contributed by atoms with Gasteiger partial charge in [0.25, 0.3) is 5.91 Å². The van der Waals surface area contributed by atoms with E-state index in [2.05, 4.69) is 31.7 Å². The third kappa shape index (κ3) is 3.99. The fourth-order valence-electron chi connectivity index (χ4n) is 2.94.